The lowest BCUT2D eigenvalue weighted by atomic mass is 10.1. The maximum Gasteiger partial charge on any atom is 0.305 e. The van der Waals surface area contributed by atoms with Crippen molar-refractivity contribution in [2.45, 2.75) is 33.2 Å². The van der Waals surface area contributed by atoms with Crippen LogP contribution < -0.4 is 5.32 Å². The van der Waals surface area contributed by atoms with Crippen LogP contribution in [-0.4, -0.2) is 39.8 Å². The molecule has 134 valence electrons. The van der Waals surface area contributed by atoms with Gasteiger partial charge in [0.15, 0.2) is 10.6 Å². The van der Waals surface area contributed by atoms with E-state index in [4.69, 9.17) is 17.0 Å². The van der Waals surface area contributed by atoms with Gasteiger partial charge >= 0.3 is 5.97 Å². The van der Waals surface area contributed by atoms with Gasteiger partial charge in [-0.15, -0.1) is 0 Å². The van der Waals surface area contributed by atoms with Gasteiger partial charge in [0.2, 0.25) is 5.91 Å². The zero-order valence-corrected chi connectivity index (χ0v) is 15.2. The highest BCUT2D eigenvalue weighted by atomic mass is 32.1. The van der Waals surface area contributed by atoms with Crippen LogP contribution in [0, 0.1) is 11.7 Å². The molecule has 0 aliphatic carbocycles. The minimum atomic E-state index is -0.254. The van der Waals surface area contributed by atoms with Crippen molar-refractivity contribution in [3.05, 3.63) is 34.6 Å². The van der Waals surface area contributed by atoms with Crippen molar-refractivity contribution in [1.82, 2.24) is 20.1 Å². The molecule has 0 atom stereocenters. The summed E-state index contributed by atoms with van der Waals surface area (Å²) in [6.45, 7) is 4.59. The summed E-state index contributed by atoms with van der Waals surface area (Å²) in [5.74, 6) is 0.182. The van der Waals surface area contributed by atoms with Gasteiger partial charge in [-0.1, -0.05) is 23.8 Å². The van der Waals surface area contributed by atoms with Gasteiger partial charge in [-0.25, -0.2) is 0 Å². The Bertz CT molecular complexity index is 797. The molecule has 0 unspecified atom stereocenters. The molecule has 0 saturated heterocycles. The molecule has 25 heavy (non-hydrogen) atoms. The van der Waals surface area contributed by atoms with Crippen LogP contribution in [0.15, 0.2) is 24.3 Å². The minimum Gasteiger partial charge on any atom is -0.466 e. The van der Waals surface area contributed by atoms with E-state index in [1.807, 2.05) is 31.2 Å². The first-order valence-electron chi connectivity index (χ1n) is 8.15. The largest absolute Gasteiger partial charge is 0.466 e. The predicted octanol–water partition coefficient (Wildman–Crippen LogP) is 2.38. The first kappa shape index (κ1) is 18.9. The fraction of sp³-hybridized carbons (Fsp3) is 0.412. The average Bonchev–Trinajstić information content (AvgIpc) is 2.93. The quantitative estimate of drug-likeness (QED) is 0.428. The Labute approximate surface area is 151 Å². The number of H-pyrrole nitrogens is 1. The van der Waals surface area contributed by atoms with E-state index < -0.39 is 0 Å². The summed E-state index contributed by atoms with van der Waals surface area (Å²) in [6.07, 6.45) is 0.819. The number of aromatic nitrogens is 3. The van der Waals surface area contributed by atoms with Crippen molar-refractivity contribution in [2.75, 3.05) is 13.2 Å². The van der Waals surface area contributed by atoms with E-state index in [9.17, 15) is 9.59 Å². The Morgan fingerprint density at radius 1 is 1.40 bits per heavy atom. The van der Waals surface area contributed by atoms with E-state index in [1.54, 1.807) is 11.5 Å². The van der Waals surface area contributed by atoms with Crippen LogP contribution in [0.2, 0.25) is 0 Å². The molecule has 0 aliphatic rings. The van der Waals surface area contributed by atoms with Gasteiger partial charge in [-0.3, -0.25) is 19.3 Å². The smallest absolute Gasteiger partial charge is 0.305 e. The normalized spacial score (nSPS) is 10.5. The Morgan fingerprint density at radius 2 is 2.20 bits per heavy atom. The number of aryl methyl sites for hydroxylation is 1. The number of hydrogen-bond acceptors (Lipinski definition) is 5. The van der Waals surface area contributed by atoms with Crippen LogP contribution >= 0.6 is 12.2 Å². The van der Waals surface area contributed by atoms with Gasteiger partial charge < -0.3 is 10.1 Å². The Hall–Kier alpha value is -2.48. The van der Waals surface area contributed by atoms with Crippen LogP contribution in [0.4, 0.5) is 0 Å². The maximum atomic E-state index is 12.1. The lowest BCUT2D eigenvalue weighted by molar-refractivity contribution is -0.143. The van der Waals surface area contributed by atoms with Crippen LogP contribution in [-0.2, 0) is 20.9 Å². The molecule has 1 amide bonds. The molecule has 2 aromatic rings. The number of benzene rings is 1. The second-order valence-corrected chi connectivity index (χ2v) is 5.95. The monoisotopic (exact) mass is 362 g/mol. The van der Waals surface area contributed by atoms with E-state index >= 15 is 0 Å². The molecule has 7 nitrogen and oxygen atoms in total. The molecule has 8 heteroatoms. The molecular formula is C17H22N4O3S. The van der Waals surface area contributed by atoms with Crippen molar-refractivity contribution in [3.63, 3.8) is 0 Å². The topological polar surface area (TPSA) is 89.0 Å². The fourth-order valence-electron chi connectivity index (χ4n) is 2.36. The van der Waals surface area contributed by atoms with Crippen molar-refractivity contribution in [3.8, 4) is 11.4 Å². The van der Waals surface area contributed by atoms with Crippen LogP contribution in [0.3, 0.4) is 0 Å². The Balaban J connectivity index is 1.94. The summed E-state index contributed by atoms with van der Waals surface area (Å²) in [5.41, 5.74) is 1.99. The summed E-state index contributed by atoms with van der Waals surface area (Å²) in [7, 11) is 0. The number of esters is 1. The molecule has 0 fully saturated rings. The molecule has 1 aromatic carbocycles. The summed E-state index contributed by atoms with van der Waals surface area (Å²) < 4.78 is 6.89. The van der Waals surface area contributed by atoms with Crippen LogP contribution in [0.25, 0.3) is 11.4 Å². The van der Waals surface area contributed by atoms with Gasteiger partial charge in [0.05, 0.1) is 6.61 Å². The second kappa shape index (κ2) is 9.12. The molecule has 2 rings (SSSR count). The number of nitrogens with zero attached hydrogens (tertiary/aromatic N) is 2. The molecule has 2 N–H and O–H groups in total. The van der Waals surface area contributed by atoms with Crippen LogP contribution in [0.5, 0.6) is 0 Å². The average molecular weight is 362 g/mol. The van der Waals surface area contributed by atoms with E-state index in [0.29, 0.717) is 30.2 Å². The van der Waals surface area contributed by atoms with Crippen molar-refractivity contribution >= 4 is 24.1 Å². The number of ether oxygens (including phenoxy) is 1. The number of aromatic amines is 1. The van der Waals surface area contributed by atoms with Crippen LogP contribution in [0.1, 0.15) is 25.3 Å². The van der Waals surface area contributed by atoms with E-state index in [0.717, 1.165) is 11.1 Å². The number of carbonyl (C=O) groups excluding carboxylic acids is 2. The number of carbonyl (C=O) groups is 2. The summed E-state index contributed by atoms with van der Waals surface area (Å²) in [6, 6.07) is 7.83. The molecule has 0 aliphatic heterocycles. The summed E-state index contributed by atoms with van der Waals surface area (Å²) >= 11 is 5.23. The van der Waals surface area contributed by atoms with Gasteiger partial charge in [-0.05, 0) is 38.6 Å². The molecule has 1 aromatic heterocycles. The lowest BCUT2D eigenvalue weighted by Crippen LogP contribution is -2.29. The highest BCUT2D eigenvalue weighted by molar-refractivity contribution is 7.71. The second-order valence-electron chi connectivity index (χ2n) is 5.57. The zero-order chi connectivity index (χ0) is 18.2. The highest BCUT2D eigenvalue weighted by Gasteiger charge is 2.12. The summed E-state index contributed by atoms with van der Waals surface area (Å²) in [5, 5.41) is 9.74. The molecule has 1 heterocycles. The van der Waals surface area contributed by atoms with Crippen molar-refractivity contribution in [1.29, 1.82) is 0 Å². The first-order valence-corrected chi connectivity index (χ1v) is 8.56. The number of rotatable bonds is 8. The van der Waals surface area contributed by atoms with E-state index in [2.05, 4.69) is 15.5 Å². The predicted molar refractivity (Wildman–Crippen MR) is 96.5 cm³/mol. The molecular weight excluding hydrogens is 340 g/mol. The minimum absolute atomic E-state index is 0.0675. The Morgan fingerprint density at radius 3 is 2.92 bits per heavy atom. The SMILES string of the molecule is CCOC(=O)CCCNC(=O)Cn1c(-c2cccc(C)c2)n[nH]c1=S. The third kappa shape index (κ3) is 5.53. The van der Waals surface area contributed by atoms with Gasteiger partial charge in [0.1, 0.15) is 6.54 Å². The van der Waals surface area contributed by atoms with Gasteiger partial charge in [-0.2, -0.15) is 5.10 Å². The fourth-order valence-corrected chi connectivity index (χ4v) is 2.56. The number of nitrogens with one attached hydrogen (secondary N) is 2. The van der Waals surface area contributed by atoms with Crippen molar-refractivity contribution in [2.24, 2.45) is 0 Å². The van der Waals surface area contributed by atoms with Gasteiger partial charge in [0, 0.05) is 18.5 Å². The van der Waals surface area contributed by atoms with Crippen molar-refractivity contribution < 1.29 is 14.3 Å². The molecule has 0 bridgehead atoms. The lowest BCUT2D eigenvalue weighted by Gasteiger charge is -2.08. The number of amides is 1. The molecule has 0 saturated carbocycles. The number of hydrogen-bond donors (Lipinski definition) is 2. The summed E-state index contributed by atoms with van der Waals surface area (Å²) in [4.78, 5) is 23.4. The van der Waals surface area contributed by atoms with Gasteiger partial charge in [0.25, 0.3) is 0 Å². The Kier molecular flexibility index (Phi) is 6.88. The standard InChI is InChI=1S/C17H22N4O3S/c1-3-24-15(23)8-5-9-18-14(22)11-21-16(19-20-17(21)25)13-7-4-6-12(2)10-13/h4,6-7,10H,3,5,8-9,11H2,1-2H3,(H,18,22)(H,20,25). The first-order chi connectivity index (χ1) is 12.0. The molecule has 0 spiro atoms. The zero-order valence-electron chi connectivity index (χ0n) is 14.4. The third-order valence-electron chi connectivity index (χ3n) is 3.52. The maximum absolute atomic E-state index is 12.1. The highest BCUT2D eigenvalue weighted by Crippen LogP contribution is 2.18. The van der Waals surface area contributed by atoms with E-state index in [1.165, 1.54) is 0 Å². The van der Waals surface area contributed by atoms with E-state index in [-0.39, 0.29) is 24.8 Å². The molecule has 0 radical (unpaired) electrons. The third-order valence-corrected chi connectivity index (χ3v) is 3.83.